The molecule has 6 nitrogen and oxygen atoms in total. The number of thiophene rings is 2. The summed E-state index contributed by atoms with van der Waals surface area (Å²) in [6.07, 6.45) is 1.87. The van der Waals surface area contributed by atoms with Gasteiger partial charge in [-0.15, -0.1) is 22.7 Å². The first-order chi connectivity index (χ1) is 13.3. The Bertz CT molecular complexity index is 818. The molecular formula is C18H20Br2N4O2S2. The molecule has 10 heteroatoms. The molecule has 2 N–H and O–H groups in total. The molecule has 2 heterocycles. The predicted octanol–water partition coefficient (Wildman–Crippen LogP) is 5.28. The molecule has 2 rings (SSSR count). The molecule has 0 spiro atoms. The summed E-state index contributed by atoms with van der Waals surface area (Å²) in [7, 11) is 0. The summed E-state index contributed by atoms with van der Waals surface area (Å²) in [5, 5.41) is 8.22. The molecule has 2 aromatic rings. The van der Waals surface area contributed by atoms with E-state index in [1.807, 2.05) is 38.1 Å². The molecule has 0 saturated heterocycles. The van der Waals surface area contributed by atoms with Gasteiger partial charge in [0.2, 0.25) is 11.8 Å². The van der Waals surface area contributed by atoms with E-state index < -0.39 is 0 Å². The van der Waals surface area contributed by atoms with Gasteiger partial charge in [-0.3, -0.25) is 9.59 Å². The quantitative estimate of drug-likeness (QED) is 0.254. The van der Waals surface area contributed by atoms with Crippen LogP contribution < -0.4 is 10.9 Å². The summed E-state index contributed by atoms with van der Waals surface area (Å²) in [5.74, 6) is -0.319. The van der Waals surface area contributed by atoms with Crippen LogP contribution in [0.15, 0.2) is 42.0 Å². The monoisotopic (exact) mass is 546 g/mol. The van der Waals surface area contributed by atoms with Crippen molar-refractivity contribution in [1.29, 1.82) is 0 Å². The molecule has 0 radical (unpaired) electrons. The second-order valence-electron chi connectivity index (χ2n) is 5.88. The van der Waals surface area contributed by atoms with E-state index in [-0.39, 0.29) is 11.8 Å². The molecule has 0 unspecified atom stereocenters. The maximum absolute atomic E-state index is 11.9. The van der Waals surface area contributed by atoms with Gasteiger partial charge in [-0.25, -0.2) is 10.9 Å². The van der Waals surface area contributed by atoms with E-state index in [2.05, 4.69) is 52.9 Å². The highest BCUT2D eigenvalue weighted by atomic mass is 79.9. The Labute approximate surface area is 188 Å². The fourth-order valence-electron chi connectivity index (χ4n) is 2.10. The van der Waals surface area contributed by atoms with E-state index in [4.69, 9.17) is 0 Å². The number of hydrazone groups is 2. The highest BCUT2D eigenvalue weighted by molar-refractivity contribution is 9.11. The standard InChI is InChI=1S/C18H20Br2N4O2S2/c1-11(13-7-9-15(19)27-13)21-23-17(25)5-3-4-6-18(26)24-22-12(2)14-8-10-16(20)28-14/h7-10H,3-6H2,1-2H3,(H,23,25)(H,24,26). The lowest BCUT2D eigenvalue weighted by Crippen LogP contribution is -2.20. The normalized spacial score (nSPS) is 12.1. The first-order valence-corrected chi connectivity index (χ1v) is 11.7. The van der Waals surface area contributed by atoms with Crippen LogP contribution in [0.3, 0.4) is 0 Å². The van der Waals surface area contributed by atoms with Crippen LogP contribution in [0, 0.1) is 0 Å². The molecule has 0 aliphatic rings. The van der Waals surface area contributed by atoms with E-state index in [0.29, 0.717) is 25.7 Å². The molecule has 0 aliphatic heterocycles. The number of carbonyl (C=O) groups is 2. The first-order valence-electron chi connectivity index (χ1n) is 8.53. The van der Waals surface area contributed by atoms with Crippen molar-refractivity contribution in [3.05, 3.63) is 41.6 Å². The van der Waals surface area contributed by atoms with Gasteiger partial charge in [0.05, 0.1) is 28.8 Å². The molecule has 28 heavy (non-hydrogen) atoms. The molecule has 150 valence electrons. The minimum Gasteiger partial charge on any atom is -0.273 e. The number of halogens is 2. The Morgan fingerprint density at radius 3 is 1.54 bits per heavy atom. The van der Waals surface area contributed by atoms with Crippen LogP contribution in [-0.4, -0.2) is 23.2 Å². The molecule has 0 atom stereocenters. The zero-order valence-corrected chi connectivity index (χ0v) is 20.2. The van der Waals surface area contributed by atoms with Crippen molar-refractivity contribution in [3.63, 3.8) is 0 Å². The van der Waals surface area contributed by atoms with Crippen LogP contribution >= 0.6 is 54.5 Å². The molecule has 2 aromatic heterocycles. The van der Waals surface area contributed by atoms with Crippen LogP contribution in [0.5, 0.6) is 0 Å². The average molecular weight is 548 g/mol. The third kappa shape index (κ3) is 7.94. The van der Waals surface area contributed by atoms with E-state index in [1.165, 1.54) is 0 Å². The summed E-state index contributed by atoms with van der Waals surface area (Å²) < 4.78 is 2.04. The fraction of sp³-hybridized carbons (Fsp3) is 0.333. The van der Waals surface area contributed by atoms with Gasteiger partial charge >= 0.3 is 0 Å². The third-order valence-corrected chi connectivity index (χ3v) is 7.08. The second kappa shape index (κ2) is 11.6. The Hall–Kier alpha value is -1.36. The average Bonchev–Trinajstić information content (AvgIpc) is 3.29. The van der Waals surface area contributed by atoms with E-state index in [0.717, 1.165) is 28.8 Å². The number of hydrogen-bond donors (Lipinski definition) is 2. The lowest BCUT2D eigenvalue weighted by Gasteiger charge is -2.03. The number of amides is 2. The summed E-state index contributed by atoms with van der Waals surface area (Å²) >= 11 is 9.91. The summed E-state index contributed by atoms with van der Waals surface area (Å²) in [5.41, 5.74) is 6.63. The topological polar surface area (TPSA) is 82.9 Å². The third-order valence-electron chi connectivity index (χ3n) is 3.61. The van der Waals surface area contributed by atoms with Crippen LogP contribution in [0.4, 0.5) is 0 Å². The molecular weight excluding hydrogens is 528 g/mol. The molecule has 0 saturated carbocycles. The highest BCUT2D eigenvalue weighted by Crippen LogP contribution is 2.23. The van der Waals surface area contributed by atoms with E-state index in [1.54, 1.807) is 22.7 Å². The van der Waals surface area contributed by atoms with Crippen LogP contribution in [0.1, 0.15) is 49.3 Å². The molecule has 0 bridgehead atoms. The number of hydrogen-bond acceptors (Lipinski definition) is 6. The zero-order chi connectivity index (χ0) is 20.5. The van der Waals surface area contributed by atoms with Gasteiger partial charge in [0.15, 0.2) is 0 Å². The van der Waals surface area contributed by atoms with Gasteiger partial charge in [-0.1, -0.05) is 0 Å². The van der Waals surface area contributed by atoms with E-state index >= 15 is 0 Å². The van der Waals surface area contributed by atoms with Gasteiger partial charge in [-0.2, -0.15) is 10.2 Å². The van der Waals surface area contributed by atoms with Crippen molar-refractivity contribution in [2.45, 2.75) is 39.5 Å². The van der Waals surface area contributed by atoms with Gasteiger partial charge in [0, 0.05) is 12.8 Å². The summed E-state index contributed by atoms with van der Waals surface area (Å²) in [6.45, 7) is 3.70. The smallest absolute Gasteiger partial charge is 0.240 e. The lowest BCUT2D eigenvalue weighted by atomic mass is 10.2. The van der Waals surface area contributed by atoms with Crippen LogP contribution in [-0.2, 0) is 9.59 Å². The number of unbranched alkanes of at least 4 members (excludes halogenated alkanes) is 1. The Kier molecular flexibility index (Phi) is 9.49. The van der Waals surface area contributed by atoms with Crippen LogP contribution in [0.25, 0.3) is 0 Å². The van der Waals surface area contributed by atoms with Crippen molar-refractivity contribution in [1.82, 2.24) is 10.9 Å². The Balaban J connectivity index is 1.63. The molecule has 0 fully saturated rings. The minimum atomic E-state index is -0.160. The zero-order valence-electron chi connectivity index (χ0n) is 15.4. The lowest BCUT2D eigenvalue weighted by molar-refractivity contribution is -0.123. The summed E-state index contributed by atoms with van der Waals surface area (Å²) in [4.78, 5) is 25.7. The highest BCUT2D eigenvalue weighted by Gasteiger charge is 2.06. The number of rotatable bonds is 9. The predicted molar refractivity (Wildman–Crippen MR) is 123 cm³/mol. The van der Waals surface area contributed by atoms with Crippen molar-refractivity contribution in [2.75, 3.05) is 0 Å². The van der Waals surface area contributed by atoms with Crippen molar-refractivity contribution >= 4 is 77.8 Å². The fourth-order valence-corrected chi connectivity index (χ4v) is 4.76. The van der Waals surface area contributed by atoms with Crippen molar-refractivity contribution in [3.8, 4) is 0 Å². The van der Waals surface area contributed by atoms with E-state index in [9.17, 15) is 9.59 Å². The van der Waals surface area contributed by atoms with Crippen molar-refractivity contribution in [2.24, 2.45) is 10.2 Å². The van der Waals surface area contributed by atoms with Crippen LogP contribution in [0.2, 0.25) is 0 Å². The Morgan fingerprint density at radius 2 is 1.21 bits per heavy atom. The van der Waals surface area contributed by atoms with Gasteiger partial charge in [-0.05, 0) is 82.8 Å². The second-order valence-corrected chi connectivity index (χ2v) is 10.8. The van der Waals surface area contributed by atoms with Gasteiger partial charge in [0.25, 0.3) is 0 Å². The number of nitrogens with zero attached hydrogens (tertiary/aromatic N) is 2. The Morgan fingerprint density at radius 1 is 0.821 bits per heavy atom. The molecule has 0 aliphatic carbocycles. The largest absolute Gasteiger partial charge is 0.273 e. The number of carbonyl (C=O) groups excluding carboxylic acids is 2. The molecule has 2 amide bonds. The first kappa shape index (κ1) is 22.9. The van der Waals surface area contributed by atoms with Gasteiger partial charge in [0.1, 0.15) is 0 Å². The number of nitrogens with one attached hydrogen (secondary N) is 2. The maximum Gasteiger partial charge on any atom is 0.240 e. The van der Waals surface area contributed by atoms with Gasteiger partial charge < -0.3 is 0 Å². The minimum absolute atomic E-state index is 0.160. The molecule has 0 aromatic carbocycles. The summed E-state index contributed by atoms with van der Waals surface area (Å²) in [6, 6.07) is 7.77. The SMILES string of the molecule is CC(=NNC(=O)CCCCC(=O)NN=C(C)c1ccc(Br)s1)c1ccc(Br)s1. The maximum atomic E-state index is 11.9. The van der Waals surface area contributed by atoms with Crippen molar-refractivity contribution < 1.29 is 9.59 Å².